The first-order chi connectivity index (χ1) is 6.38. The normalized spacial score (nSPS) is 32.7. The largest absolute Gasteiger partial charge is 0.481 e. The third-order valence-electron chi connectivity index (χ3n) is 2.69. The molecule has 0 saturated carbocycles. The van der Waals surface area contributed by atoms with E-state index in [0.29, 0.717) is 0 Å². The second kappa shape index (κ2) is 3.45. The first-order valence-electron chi connectivity index (χ1n) is 4.27. The molecule has 6 nitrogen and oxygen atoms in total. The summed E-state index contributed by atoms with van der Waals surface area (Å²) in [4.78, 5) is 22.5. The molecule has 1 aliphatic rings. The number of hydrogen-bond donors (Lipinski definition) is 3. The van der Waals surface area contributed by atoms with Crippen LogP contribution >= 0.6 is 0 Å². The van der Waals surface area contributed by atoms with E-state index >= 15 is 0 Å². The van der Waals surface area contributed by atoms with Crippen molar-refractivity contribution in [2.24, 2.45) is 5.41 Å². The number of carboxylic acids is 1. The number of carbonyl (C=O) groups is 2. The molecular weight excluding hydrogens is 190 g/mol. The quantitative estimate of drug-likeness (QED) is 0.549. The monoisotopic (exact) mass is 203 g/mol. The molecule has 2 atom stereocenters. The summed E-state index contributed by atoms with van der Waals surface area (Å²) in [5.41, 5.74) is -1.39. The van der Waals surface area contributed by atoms with Crippen molar-refractivity contribution in [3.63, 3.8) is 0 Å². The van der Waals surface area contributed by atoms with E-state index in [1.165, 1.54) is 6.92 Å². The Morgan fingerprint density at radius 1 is 1.43 bits per heavy atom. The van der Waals surface area contributed by atoms with E-state index in [1.807, 2.05) is 0 Å². The Morgan fingerprint density at radius 2 is 2.00 bits per heavy atom. The fourth-order valence-electron chi connectivity index (χ4n) is 1.55. The zero-order valence-electron chi connectivity index (χ0n) is 7.80. The molecule has 80 valence electrons. The molecule has 0 bridgehead atoms. The Bertz CT molecular complexity index is 266. The zero-order chi connectivity index (χ0) is 10.9. The van der Waals surface area contributed by atoms with Crippen LogP contribution in [0, 0.1) is 5.41 Å². The lowest BCUT2D eigenvalue weighted by molar-refractivity contribution is -0.159. The summed E-state index contributed by atoms with van der Waals surface area (Å²) in [7, 11) is 0. The van der Waals surface area contributed by atoms with E-state index in [0.717, 1.165) is 4.90 Å². The number of amides is 1. The molecule has 0 aliphatic carbocycles. The number of likely N-dealkylation sites (tertiary alicyclic amines) is 1. The molecule has 0 aromatic heterocycles. The van der Waals surface area contributed by atoms with E-state index in [-0.39, 0.29) is 19.5 Å². The van der Waals surface area contributed by atoms with Crippen molar-refractivity contribution in [1.82, 2.24) is 4.90 Å². The minimum Gasteiger partial charge on any atom is -0.481 e. The van der Waals surface area contributed by atoms with Gasteiger partial charge in [0.15, 0.2) is 0 Å². The number of carboxylic acid groups (broad SMARTS) is 2. The predicted molar refractivity (Wildman–Crippen MR) is 46.0 cm³/mol. The standard InChI is InChI=1S/C8H13NO5/c1-8(6(11)12)4-9(7(13)14)3-2-5(8)10/h5,10H,2-4H2,1H3,(H,11,12)(H,13,14). The van der Waals surface area contributed by atoms with Crippen LogP contribution in [0.4, 0.5) is 4.79 Å². The summed E-state index contributed by atoms with van der Waals surface area (Å²) < 4.78 is 0. The maximum absolute atomic E-state index is 10.9. The van der Waals surface area contributed by atoms with Crippen molar-refractivity contribution in [2.45, 2.75) is 19.4 Å². The van der Waals surface area contributed by atoms with Gasteiger partial charge in [0, 0.05) is 13.1 Å². The molecule has 1 saturated heterocycles. The Kier molecular flexibility index (Phi) is 2.66. The summed E-state index contributed by atoms with van der Waals surface area (Å²) in [5.74, 6) is -1.17. The second-order valence-corrected chi connectivity index (χ2v) is 3.73. The summed E-state index contributed by atoms with van der Waals surface area (Å²) in [6.07, 6.45) is -1.98. The first kappa shape index (κ1) is 10.8. The molecule has 1 heterocycles. The Labute approximate surface area is 80.8 Å². The predicted octanol–water partition coefficient (Wildman–Crippen LogP) is -0.178. The average molecular weight is 203 g/mol. The lowest BCUT2D eigenvalue weighted by Gasteiger charge is -2.39. The van der Waals surface area contributed by atoms with Crippen LogP contribution in [0.15, 0.2) is 0 Å². The van der Waals surface area contributed by atoms with Crippen molar-refractivity contribution in [3.05, 3.63) is 0 Å². The van der Waals surface area contributed by atoms with Gasteiger partial charge in [0.05, 0.1) is 6.10 Å². The van der Waals surface area contributed by atoms with Crippen LogP contribution < -0.4 is 0 Å². The molecule has 1 fully saturated rings. The zero-order valence-corrected chi connectivity index (χ0v) is 7.80. The van der Waals surface area contributed by atoms with Crippen LogP contribution in [0.1, 0.15) is 13.3 Å². The van der Waals surface area contributed by atoms with Crippen LogP contribution in [0.25, 0.3) is 0 Å². The summed E-state index contributed by atoms with van der Waals surface area (Å²) in [6, 6.07) is 0. The summed E-state index contributed by atoms with van der Waals surface area (Å²) >= 11 is 0. The molecule has 1 amide bonds. The topological polar surface area (TPSA) is 98.1 Å². The average Bonchev–Trinajstić information content (AvgIpc) is 2.09. The number of rotatable bonds is 1. The lowest BCUT2D eigenvalue weighted by Crippen LogP contribution is -2.55. The van der Waals surface area contributed by atoms with E-state index in [9.17, 15) is 14.7 Å². The number of aliphatic carboxylic acids is 1. The maximum Gasteiger partial charge on any atom is 0.407 e. The molecule has 14 heavy (non-hydrogen) atoms. The van der Waals surface area contributed by atoms with Crippen LogP contribution in [0.3, 0.4) is 0 Å². The molecule has 0 aromatic rings. The molecule has 1 rings (SSSR count). The number of hydrogen-bond acceptors (Lipinski definition) is 3. The van der Waals surface area contributed by atoms with Crippen molar-refractivity contribution in [3.8, 4) is 0 Å². The van der Waals surface area contributed by atoms with Crippen LogP contribution in [0.2, 0.25) is 0 Å². The molecule has 0 radical (unpaired) electrons. The molecule has 2 unspecified atom stereocenters. The number of aliphatic hydroxyl groups is 1. The fourth-order valence-corrected chi connectivity index (χ4v) is 1.55. The van der Waals surface area contributed by atoms with Crippen molar-refractivity contribution in [1.29, 1.82) is 0 Å². The first-order valence-corrected chi connectivity index (χ1v) is 4.27. The van der Waals surface area contributed by atoms with Gasteiger partial charge in [-0.1, -0.05) is 0 Å². The Balaban J connectivity index is 2.83. The molecule has 0 spiro atoms. The van der Waals surface area contributed by atoms with E-state index in [4.69, 9.17) is 10.2 Å². The van der Waals surface area contributed by atoms with Gasteiger partial charge < -0.3 is 20.2 Å². The number of piperidine rings is 1. The summed E-state index contributed by atoms with van der Waals surface area (Å²) in [5, 5.41) is 27.1. The fraction of sp³-hybridized carbons (Fsp3) is 0.750. The van der Waals surface area contributed by atoms with Gasteiger partial charge in [-0.2, -0.15) is 0 Å². The van der Waals surface area contributed by atoms with Gasteiger partial charge in [-0.25, -0.2) is 4.79 Å². The third kappa shape index (κ3) is 1.65. The van der Waals surface area contributed by atoms with Crippen molar-refractivity contribution < 1.29 is 24.9 Å². The van der Waals surface area contributed by atoms with Crippen LogP contribution in [0.5, 0.6) is 0 Å². The van der Waals surface area contributed by atoms with Crippen LogP contribution in [-0.4, -0.2) is 51.5 Å². The minimum absolute atomic E-state index is 0.162. The van der Waals surface area contributed by atoms with E-state index in [2.05, 4.69) is 0 Å². The maximum atomic E-state index is 10.9. The summed E-state index contributed by atoms with van der Waals surface area (Å²) in [6.45, 7) is 1.37. The van der Waals surface area contributed by atoms with Gasteiger partial charge >= 0.3 is 12.1 Å². The van der Waals surface area contributed by atoms with E-state index < -0.39 is 23.6 Å². The highest BCUT2D eigenvalue weighted by atomic mass is 16.4. The van der Waals surface area contributed by atoms with Gasteiger partial charge in [0.25, 0.3) is 0 Å². The smallest absolute Gasteiger partial charge is 0.407 e. The van der Waals surface area contributed by atoms with Crippen molar-refractivity contribution >= 4 is 12.1 Å². The molecule has 6 heteroatoms. The third-order valence-corrected chi connectivity index (χ3v) is 2.69. The molecule has 0 aromatic carbocycles. The van der Waals surface area contributed by atoms with Crippen molar-refractivity contribution in [2.75, 3.05) is 13.1 Å². The molecule has 1 aliphatic heterocycles. The van der Waals surface area contributed by atoms with Gasteiger partial charge in [0.1, 0.15) is 5.41 Å². The van der Waals surface area contributed by atoms with Gasteiger partial charge in [-0.05, 0) is 13.3 Å². The Morgan fingerprint density at radius 3 is 2.43 bits per heavy atom. The number of aliphatic hydroxyl groups excluding tert-OH is 1. The SMILES string of the molecule is CC1(C(=O)O)CN(C(=O)O)CCC1O. The highest BCUT2D eigenvalue weighted by Crippen LogP contribution is 2.30. The molecule has 3 N–H and O–H groups in total. The highest BCUT2D eigenvalue weighted by Gasteiger charge is 2.46. The Hall–Kier alpha value is -1.30. The van der Waals surface area contributed by atoms with Gasteiger partial charge in [-0.3, -0.25) is 4.79 Å². The highest BCUT2D eigenvalue weighted by molar-refractivity contribution is 5.77. The van der Waals surface area contributed by atoms with Crippen LogP contribution in [-0.2, 0) is 4.79 Å². The van der Waals surface area contributed by atoms with E-state index in [1.54, 1.807) is 0 Å². The molecular formula is C8H13NO5. The van der Waals surface area contributed by atoms with Gasteiger partial charge in [-0.15, -0.1) is 0 Å². The van der Waals surface area contributed by atoms with Gasteiger partial charge in [0.2, 0.25) is 0 Å². The minimum atomic E-state index is -1.39. The number of nitrogens with zero attached hydrogens (tertiary/aromatic N) is 1. The lowest BCUT2D eigenvalue weighted by atomic mass is 9.79. The second-order valence-electron chi connectivity index (χ2n) is 3.73.